The molecule has 0 aromatic heterocycles. The summed E-state index contributed by atoms with van der Waals surface area (Å²) in [6.45, 7) is 1.44. The third-order valence-electron chi connectivity index (χ3n) is 3.08. The first-order chi connectivity index (χ1) is 8.70. The summed E-state index contributed by atoms with van der Waals surface area (Å²) in [4.78, 5) is 11.6. The minimum atomic E-state index is -0.285. The fourth-order valence-corrected chi connectivity index (χ4v) is 2.12. The molecule has 2 rings (SSSR count). The molecular formula is C13H17FN2O2. The Kier molecular flexibility index (Phi) is 4.15. The van der Waals surface area contributed by atoms with E-state index in [0.29, 0.717) is 25.1 Å². The molecule has 2 N–H and O–H groups in total. The van der Waals surface area contributed by atoms with Gasteiger partial charge in [0, 0.05) is 13.1 Å². The molecule has 18 heavy (non-hydrogen) atoms. The number of rotatable bonds is 4. The highest BCUT2D eigenvalue weighted by Gasteiger charge is 2.21. The number of methoxy groups -OCH3 is 1. The van der Waals surface area contributed by atoms with Crippen LogP contribution in [0.15, 0.2) is 18.2 Å². The van der Waals surface area contributed by atoms with Crippen LogP contribution in [0.2, 0.25) is 0 Å². The van der Waals surface area contributed by atoms with Crippen LogP contribution in [-0.2, 0) is 11.2 Å². The molecule has 0 bridgehead atoms. The largest absolute Gasteiger partial charge is 0.496 e. The Balaban J connectivity index is 2.00. The van der Waals surface area contributed by atoms with E-state index in [1.165, 1.54) is 12.1 Å². The van der Waals surface area contributed by atoms with Crippen LogP contribution in [0, 0.1) is 5.82 Å². The first kappa shape index (κ1) is 12.8. The number of amides is 1. The van der Waals surface area contributed by atoms with Gasteiger partial charge in [0.25, 0.3) is 0 Å². The zero-order chi connectivity index (χ0) is 13.0. The summed E-state index contributed by atoms with van der Waals surface area (Å²) < 4.78 is 18.4. The zero-order valence-corrected chi connectivity index (χ0v) is 10.3. The molecular weight excluding hydrogens is 235 g/mol. The van der Waals surface area contributed by atoms with Crippen molar-refractivity contribution in [1.82, 2.24) is 10.6 Å². The van der Waals surface area contributed by atoms with Crippen molar-refractivity contribution in [3.05, 3.63) is 29.6 Å². The van der Waals surface area contributed by atoms with Crippen molar-refractivity contribution in [1.29, 1.82) is 0 Å². The van der Waals surface area contributed by atoms with E-state index in [2.05, 4.69) is 10.6 Å². The maximum absolute atomic E-state index is 13.2. The molecule has 1 atom stereocenters. The first-order valence-electron chi connectivity index (χ1n) is 6.04. The van der Waals surface area contributed by atoms with Gasteiger partial charge in [-0.3, -0.25) is 4.79 Å². The first-order valence-corrected chi connectivity index (χ1v) is 6.04. The number of halogens is 1. The van der Waals surface area contributed by atoms with E-state index in [-0.39, 0.29) is 17.8 Å². The molecule has 1 amide bonds. The number of carbonyl (C=O) groups is 1. The zero-order valence-electron chi connectivity index (χ0n) is 10.3. The van der Waals surface area contributed by atoms with Crippen LogP contribution in [0.5, 0.6) is 5.75 Å². The van der Waals surface area contributed by atoms with Crippen LogP contribution >= 0.6 is 0 Å². The van der Waals surface area contributed by atoms with E-state index in [1.54, 1.807) is 13.2 Å². The molecule has 1 aliphatic heterocycles. The highest BCUT2D eigenvalue weighted by Crippen LogP contribution is 2.21. The lowest BCUT2D eigenvalue weighted by molar-refractivity contribution is -0.124. The van der Waals surface area contributed by atoms with Crippen molar-refractivity contribution in [2.45, 2.75) is 18.9 Å². The number of aryl methyl sites for hydroxylation is 1. The number of ether oxygens (including phenoxy) is 1. The predicted molar refractivity (Wildman–Crippen MR) is 66.1 cm³/mol. The van der Waals surface area contributed by atoms with Crippen molar-refractivity contribution in [2.24, 2.45) is 0 Å². The van der Waals surface area contributed by atoms with Crippen LogP contribution in [0.1, 0.15) is 12.0 Å². The van der Waals surface area contributed by atoms with Gasteiger partial charge in [-0.25, -0.2) is 4.39 Å². The van der Waals surface area contributed by atoms with Crippen LogP contribution in [0.25, 0.3) is 0 Å². The highest BCUT2D eigenvalue weighted by atomic mass is 19.1. The second-order valence-corrected chi connectivity index (χ2v) is 4.29. The van der Waals surface area contributed by atoms with Crippen LogP contribution in [-0.4, -0.2) is 32.1 Å². The maximum Gasteiger partial charge on any atom is 0.237 e. The van der Waals surface area contributed by atoms with Crippen molar-refractivity contribution >= 4 is 5.91 Å². The van der Waals surface area contributed by atoms with Crippen molar-refractivity contribution < 1.29 is 13.9 Å². The summed E-state index contributed by atoms with van der Waals surface area (Å²) in [5.41, 5.74) is 0.790. The number of hydrogen-bond donors (Lipinski definition) is 2. The lowest BCUT2D eigenvalue weighted by Gasteiger charge is -2.23. The Morgan fingerprint density at radius 3 is 3.00 bits per heavy atom. The average molecular weight is 252 g/mol. The molecule has 1 aromatic carbocycles. The molecule has 5 heteroatoms. The second-order valence-electron chi connectivity index (χ2n) is 4.29. The Labute approximate surface area is 106 Å². The lowest BCUT2D eigenvalue weighted by Crippen LogP contribution is -2.52. The Bertz CT molecular complexity index is 437. The van der Waals surface area contributed by atoms with Crippen molar-refractivity contribution in [3.8, 4) is 5.75 Å². The SMILES string of the molecule is COc1ccc(F)cc1CCC1NCCNC1=O. The van der Waals surface area contributed by atoms with E-state index >= 15 is 0 Å². The smallest absolute Gasteiger partial charge is 0.237 e. The number of nitrogens with one attached hydrogen (secondary N) is 2. The Hall–Kier alpha value is -1.62. The van der Waals surface area contributed by atoms with Gasteiger partial charge in [0.15, 0.2) is 0 Å². The van der Waals surface area contributed by atoms with E-state index in [0.717, 1.165) is 12.1 Å². The van der Waals surface area contributed by atoms with Gasteiger partial charge in [-0.1, -0.05) is 0 Å². The van der Waals surface area contributed by atoms with E-state index < -0.39 is 0 Å². The Morgan fingerprint density at radius 2 is 2.28 bits per heavy atom. The molecule has 1 heterocycles. The average Bonchev–Trinajstić information content (AvgIpc) is 2.38. The summed E-state index contributed by atoms with van der Waals surface area (Å²) in [6, 6.07) is 4.23. The molecule has 0 radical (unpaired) electrons. The summed E-state index contributed by atoms with van der Waals surface area (Å²) in [5, 5.41) is 5.95. The van der Waals surface area contributed by atoms with Crippen molar-refractivity contribution in [3.63, 3.8) is 0 Å². The van der Waals surface area contributed by atoms with Gasteiger partial charge < -0.3 is 15.4 Å². The number of hydrogen-bond acceptors (Lipinski definition) is 3. The quantitative estimate of drug-likeness (QED) is 0.835. The topological polar surface area (TPSA) is 50.4 Å². The van der Waals surface area contributed by atoms with Gasteiger partial charge in [-0.2, -0.15) is 0 Å². The molecule has 1 unspecified atom stereocenters. The maximum atomic E-state index is 13.2. The molecule has 0 spiro atoms. The summed E-state index contributed by atoms with van der Waals surface area (Å²) in [7, 11) is 1.56. The normalized spacial score (nSPS) is 19.4. The standard InChI is InChI=1S/C13H17FN2O2/c1-18-12-5-3-10(14)8-9(12)2-4-11-13(17)16-7-6-15-11/h3,5,8,11,15H,2,4,6-7H2,1H3,(H,16,17). The fraction of sp³-hybridized carbons (Fsp3) is 0.462. The molecule has 0 aliphatic carbocycles. The monoisotopic (exact) mass is 252 g/mol. The molecule has 98 valence electrons. The third kappa shape index (κ3) is 2.98. The fourth-order valence-electron chi connectivity index (χ4n) is 2.12. The van der Waals surface area contributed by atoms with E-state index in [1.807, 2.05) is 0 Å². The minimum absolute atomic E-state index is 0.0108. The summed E-state index contributed by atoms with van der Waals surface area (Å²) in [6.07, 6.45) is 1.23. The van der Waals surface area contributed by atoms with Gasteiger partial charge in [-0.15, -0.1) is 0 Å². The van der Waals surface area contributed by atoms with Crippen LogP contribution in [0.4, 0.5) is 4.39 Å². The van der Waals surface area contributed by atoms with E-state index in [4.69, 9.17) is 4.74 Å². The number of piperazine rings is 1. The number of benzene rings is 1. The van der Waals surface area contributed by atoms with Gasteiger partial charge in [-0.05, 0) is 36.6 Å². The second kappa shape index (κ2) is 5.82. The third-order valence-corrected chi connectivity index (χ3v) is 3.08. The van der Waals surface area contributed by atoms with Crippen molar-refractivity contribution in [2.75, 3.05) is 20.2 Å². The minimum Gasteiger partial charge on any atom is -0.496 e. The molecule has 0 saturated carbocycles. The van der Waals surface area contributed by atoms with Crippen LogP contribution < -0.4 is 15.4 Å². The predicted octanol–water partition coefficient (Wildman–Crippen LogP) is 0.855. The van der Waals surface area contributed by atoms with Gasteiger partial charge in [0.05, 0.1) is 13.2 Å². The van der Waals surface area contributed by atoms with Crippen LogP contribution in [0.3, 0.4) is 0 Å². The highest BCUT2D eigenvalue weighted by molar-refractivity contribution is 5.82. The molecule has 1 aromatic rings. The van der Waals surface area contributed by atoms with Gasteiger partial charge in [0.2, 0.25) is 5.91 Å². The molecule has 1 aliphatic rings. The number of carbonyl (C=O) groups excluding carboxylic acids is 1. The summed E-state index contributed by atoms with van der Waals surface area (Å²) in [5.74, 6) is 0.385. The molecule has 1 saturated heterocycles. The van der Waals surface area contributed by atoms with Gasteiger partial charge >= 0.3 is 0 Å². The lowest BCUT2D eigenvalue weighted by atomic mass is 10.0. The van der Waals surface area contributed by atoms with E-state index in [9.17, 15) is 9.18 Å². The Morgan fingerprint density at radius 1 is 1.44 bits per heavy atom. The summed E-state index contributed by atoms with van der Waals surface area (Å²) >= 11 is 0. The molecule has 4 nitrogen and oxygen atoms in total. The molecule has 1 fully saturated rings. The van der Waals surface area contributed by atoms with Gasteiger partial charge in [0.1, 0.15) is 11.6 Å².